The lowest BCUT2D eigenvalue weighted by Crippen LogP contribution is -2.46. The second kappa shape index (κ2) is 5.18. The Bertz CT molecular complexity index is 335. The molecule has 0 saturated carbocycles. The highest BCUT2D eigenvalue weighted by molar-refractivity contribution is 5.55. The largest absolute Gasteiger partial charge is 0.495 e. The molecule has 16 heavy (non-hydrogen) atoms. The Kier molecular flexibility index (Phi) is 3.64. The van der Waals surface area contributed by atoms with Crippen LogP contribution in [-0.4, -0.2) is 50.2 Å². The SMILES string of the molecule is COc1ccccc1NN1CCN(C)CC1. The zero-order valence-corrected chi connectivity index (χ0v) is 9.94. The third kappa shape index (κ3) is 2.65. The molecule has 0 spiro atoms. The van der Waals surface area contributed by atoms with Crippen molar-refractivity contribution in [3.05, 3.63) is 24.3 Å². The normalized spacial score (nSPS) is 18.4. The molecule has 4 nitrogen and oxygen atoms in total. The highest BCUT2D eigenvalue weighted by Gasteiger charge is 2.14. The van der Waals surface area contributed by atoms with Crippen molar-refractivity contribution >= 4 is 5.69 Å². The van der Waals surface area contributed by atoms with E-state index in [1.165, 1.54) is 0 Å². The molecular formula is C12H19N3O. The molecule has 0 radical (unpaired) electrons. The number of hydrogen-bond acceptors (Lipinski definition) is 4. The quantitative estimate of drug-likeness (QED) is 0.832. The predicted molar refractivity (Wildman–Crippen MR) is 65.7 cm³/mol. The van der Waals surface area contributed by atoms with Gasteiger partial charge in [0.15, 0.2) is 0 Å². The lowest BCUT2D eigenvalue weighted by molar-refractivity contribution is 0.178. The van der Waals surface area contributed by atoms with Crippen LogP contribution in [0.5, 0.6) is 5.75 Å². The first-order valence-corrected chi connectivity index (χ1v) is 5.63. The van der Waals surface area contributed by atoms with E-state index < -0.39 is 0 Å². The Hall–Kier alpha value is -1.26. The molecule has 1 saturated heterocycles. The number of anilines is 1. The van der Waals surface area contributed by atoms with Gasteiger partial charge >= 0.3 is 0 Å². The minimum Gasteiger partial charge on any atom is -0.495 e. The molecular weight excluding hydrogens is 202 g/mol. The number of benzene rings is 1. The molecule has 1 aliphatic heterocycles. The monoisotopic (exact) mass is 221 g/mol. The molecule has 2 rings (SSSR count). The summed E-state index contributed by atoms with van der Waals surface area (Å²) in [6.07, 6.45) is 0. The number of hydrogen-bond donors (Lipinski definition) is 1. The first-order valence-electron chi connectivity index (χ1n) is 5.63. The molecule has 1 aromatic rings. The standard InChI is InChI=1S/C12H19N3O/c1-14-7-9-15(10-8-14)13-11-5-3-4-6-12(11)16-2/h3-6,13H,7-10H2,1-2H3. The molecule has 4 heteroatoms. The number of ether oxygens (including phenoxy) is 1. The van der Waals surface area contributed by atoms with Crippen LogP contribution in [0.3, 0.4) is 0 Å². The number of para-hydroxylation sites is 2. The van der Waals surface area contributed by atoms with Crippen molar-refractivity contribution in [2.24, 2.45) is 0 Å². The Balaban J connectivity index is 1.98. The summed E-state index contributed by atoms with van der Waals surface area (Å²) in [5.41, 5.74) is 4.44. The van der Waals surface area contributed by atoms with Crippen LogP contribution in [0.4, 0.5) is 5.69 Å². The van der Waals surface area contributed by atoms with Crippen molar-refractivity contribution in [1.29, 1.82) is 0 Å². The molecule has 0 unspecified atom stereocenters. The lowest BCUT2D eigenvalue weighted by Gasteiger charge is -2.33. The molecule has 1 fully saturated rings. The summed E-state index contributed by atoms with van der Waals surface area (Å²) < 4.78 is 5.31. The summed E-state index contributed by atoms with van der Waals surface area (Å²) in [5, 5.41) is 2.23. The van der Waals surface area contributed by atoms with E-state index in [-0.39, 0.29) is 0 Å². The topological polar surface area (TPSA) is 27.7 Å². The van der Waals surface area contributed by atoms with Gasteiger partial charge in [0.05, 0.1) is 12.8 Å². The molecule has 1 aromatic carbocycles. The minimum absolute atomic E-state index is 0.890. The van der Waals surface area contributed by atoms with Gasteiger partial charge in [-0.05, 0) is 19.2 Å². The maximum atomic E-state index is 5.31. The maximum absolute atomic E-state index is 5.31. The first-order chi connectivity index (χ1) is 7.79. The van der Waals surface area contributed by atoms with Gasteiger partial charge in [-0.25, -0.2) is 5.01 Å². The Morgan fingerprint density at radius 3 is 2.50 bits per heavy atom. The average Bonchev–Trinajstić information content (AvgIpc) is 2.33. The molecule has 1 aliphatic rings. The zero-order valence-electron chi connectivity index (χ0n) is 9.94. The molecule has 0 atom stereocenters. The fraction of sp³-hybridized carbons (Fsp3) is 0.500. The van der Waals surface area contributed by atoms with Gasteiger partial charge in [-0.15, -0.1) is 0 Å². The van der Waals surface area contributed by atoms with Crippen molar-refractivity contribution in [2.45, 2.75) is 0 Å². The predicted octanol–water partition coefficient (Wildman–Crippen LogP) is 1.27. The van der Waals surface area contributed by atoms with Crippen molar-refractivity contribution in [3.8, 4) is 5.75 Å². The number of hydrazine groups is 1. The number of rotatable bonds is 3. The van der Waals surface area contributed by atoms with Crippen LogP contribution in [0, 0.1) is 0 Å². The summed E-state index contributed by atoms with van der Waals surface area (Å²) in [5.74, 6) is 0.890. The lowest BCUT2D eigenvalue weighted by atomic mass is 10.3. The number of methoxy groups -OCH3 is 1. The molecule has 1 heterocycles. The van der Waals surface area contributed by atoms with E-state index in [2.05, 4.69) is 22.4 Å². The van der Waals surface area contributed by atoms with E-state index in [9.17, 15) is 0 Å². The van der Waals surface area contributed by atoms with Crippen molar-refractivity contribution in [3.63, 3.8) is 0 Å². The third-order valence-corrected chi connectivity index (χ3v) is 2.89. The number of piperazine rings is 1. The Morgan fingerprint density at radius 1 is 1.12 bits per heavy atom. The highest BCUT2D eigenvalue weighted by atomic mass is 16.5. The van der Waals surface area contributed by atoms with Crippen LogP contribution in [-0.2, 0) is 0 Å². The van der Waals surface area contributed by atoms with E-state index in [4.69, 9.17) is 4.74 Å². The van der Waals surface area contributed by atoms with Crippen molar-refractivity contribution in [2.75, 3.05) is 45.8 Å². The van der Waals surface area contributed by atoms with E-state index in [1.54, 1.807) is 7.11 Å². The zero-order chi connectivity index (χ0) is 11.4. The molecule has 0 aliphatic carbocycles. The average molecular weight is 221 g/mol. The summed E-state index contributed by atoms with van der Waals surface area (Å²) in [7, 11) is 3.85. The Labute approximate surface area is 96.8 Å². The summed E-state index contributed by atoms with van der Waals surface area (Å²) in [6, 6.07) is 8.00. The number of nitrogens with zero attached hydrogens (tertiary/aromatic N) is 2. The summed E-state index contributed by atoms with van der Waals surface area (Å²) >= 11 is 0. The molecule has 0 bridgehead atoms. The van der Waals surface area contributed by atoms with E-state index in [1.807, 2.05) is 24.3 Å². The first kappa shape index (κ1) is 11.2. The van der Waals surface area contributed by atoms with Gasteiger partial charge in [0, 0.05) is 26.2 Å². The van der Waals surface area contributed by atoms with E-state index >= 15 is 0 Å². The van der Waals surface area contributed by atoms with Gasteiger partial charge in [0.1, 0.15) is 5.75 Å². The fourth-order valence-corrected chi connectivity index (χ4v) is 1.83. The Morgan fingerprint density at radius 2 is 1.81 bits per heavy atom. The van der Waals surface area contributed by atoms with Crippen LogP contribution in [0.2, 0.25) is 0 Å². The highest BCUT2D eigenvalue weighted by Crippen LogP contribution is 2.23. The van der Waals surface area contributed by atoms with Gasteiger partial charge < -0.3 is 15.1 Å². The van der Waals surface area contributed by atoms with Crippen LogP contribution >= 0.6 is 0 Å². The molecule has 0 aromatic heterocycles. The van der Waals surface area contributed by atoms with Crippen LogP contribution in [0.15, 0.2) is 24.3 Å². The van der Waals surface area contributed by atoms with E-state index in [0.717, 1.165) is 37.6 Å². The van der Waals surface area contributed by atoms with Crippen LogP contribution in [0.25, 0.3) is 0 Å². The fourth-order valence-electron chi connectivity index (χ4n) is 1.83. The summed E-state index contributed by atoms with van der Waals surface area (Å²) in [4.78, 5) is 2.33. The van der Waals surface area contributed by atoms with Gasteiger partial charge in [0.25, 0.3) is 0 Å². The molecule has 0 amide bonds. The van der Waals surface area contributed by atoms with E-state index in [0.29, 0.717) is 0 Å². The smallest absolute Gasteiger partial charge is 0.143 e. The van der Waals surface area contributed by atoms with Gasteiger partial charge in [0.2, 0.25) is 0 Å². The van der Waals surface area contributed by atoms with Gasteiger partial charge in [-0.1, -0.05) is 12.1 Å². The minimum atomic E-state index is 0.890. The van der Waals surface area contributed by atoms with Gasteiger partial charge in [-0.2, -0.15) is 0 Å². The van der Waals surface area contributed by atoms with Gasteiger partial charge in [-0.3, -0.25) is 0 Å². The van der Waals surface area contributed by atoms with Crippen molar-refractivity contribution < 1.29 is 4.74 Å². The van der Waals surface area contributed by atoms with Crippen LogP contribution < -0.4 is 10.2 Å². The van der Waals surface area contributed by atoms with Crippen molar-refractivity contribution in [1.82, 2.24) is 9.91 Å². The van der Waals surface area contributed by atoms with Crippen LogP contribution in [0.1, 0.15) is 0 Å². The molecule has 88 valence electrons. The second-order valence-electron chi connectivity index (χ2n) is 4.10. The second-order valence-corrected chi connectivity index (χ2v) is 4.10. The third-order valence-electron chi connectivity index (χ3n) is 2.89. The molecule has 1 N–H and O–H groups in total. The number of likely N-dealkylation sites (N-methyl/N-ethyl adjacent to an activating group) is 1. The maximum Gasteiger partial charge on any atom is 0.143 e. The number of nitrogens with one attached hydrogen (secondary N) is 1. The summed E-state index contributed by atoms with van der Waals surface area (Å²) in [6.45, 7) is 4.27.